The topological polar surface area (TPSA) is 45.6 Å². The van der Waals surface area contributed by atoms with Gasteiger partial charge in [0.1, 0.15) is 11.5 Å². The van der Waals surface area contributed by atoms with Gasteiger partial charge in [0.2, 0.25) is 0 Å². The van der Waals surface area contributed by atoms with E-state index in [0.29, 0.717) is 29.6 Å². The zero-order valence-electron chi connectivity index (χ0n) is 12.7. The Morgan fingerprint density at radius 1 is 1.09 bits per heavy atom. The second-order valence-electron chi connectivity index (χ2n) is 5.72. The van der Waals surface area contributed by atoms with Crippen LogP contribution in [0.4, 0.5) is 4.39 Å². The van der Waals surface area contributed by atoms with E-state index in [0.717, 1.165) is 13.1 Å². The highest BCUT2D eigenvalue weighted by molar-refractivity contribution is 5.96. The minimum atomic E-state index is -0.418. The lowest BCUT2D eigenvalue weighted by Crippen LogP contribution is -2.48. The van der Waals surface area contributed by atoms with E-state index in [-0.39, 0.29) is 11.5 Å². The van der Waals surface area contributed by atoms with Crippen LogP contribution in [0.5, 0.6) is 0 Å². The van der Waals surface area contributed by atoms with Crippen LogP contribution >= 0.6 is 0 Å². The van der Waals surface area contributed by atoms with Crippen molar-refractivity contribution in [3.05, 3.63) is 46.1 Å². The van der Waals surface area contributed by atoms with Gasteiger partial charge in [-0.05, 0) is 36.7 Å². The molecular weight excluding hydrogens is 285 g/mol. The van der Waals surface area contributed by atoms with Gasteiger partial charge in [-0.1, -0.05) is 0 Å². The van der Waals surface area contributed by atoms with Crippen LogP contribution in [0, 0.1) is 5.82 Å². The summed E-state index contributed by atoms with van der Waals surface area (Å²) < 4.78 is 14.7. The Morgan fingerprint density at radius 2 is 1.77 bits per heavy atom. The Hall–Kier alpha value is -2.21. The van der Waals surface area contributed by atoms with Crippen molar-refractivity contribution < 1.29 is 9.18 Å². The maximum Gasteiger partial charge on any atom is 0.270 e. The minimum absolute atomic E-state index is 0.182. The van der Waals surface area contributed by atoms with E-state index in [9.17, 15) is 14.0 Å². The van der Waals surface area contributed by atoms with Crippen LogP contribution in [-0.2, 0) is 7.05 Å². The third kappa shape index (κ3) is 2.50. The van der Waals surface area contributed by atoms with Gasteiger partial charge in [-0.2, -0.15) is 0 Å². The van der Waals surface area contributed by atoms with Crippen LogP contribution in [-0.4, -0.2) is 53.5 Å². The van der Waals surface area contributed by atoms with Crippen LogP contribution in [0.25, 0.3) is 10.8 Å². The normalized spacial score (nSPS) is 16.2. The Morgan fingerprint density at radius 3 is 2.45 bits per heavy atom. The molecule has 3 rings (SSSR count). The summed E-state index contributed by atoms with van der Waals surface area (Å²) in [5.41, 5.74) is 0.0163. The highest BCUT2D eigenvalue weighted by Gasteiger charge is 2.23. The third-order valence-electron chi connectivity index (χ3n) is 4.21. The van der Waals surface area contributed by atoms with E-state index in [2.05, 4.69) is 4.90 Å². The fourth-order valence-corrected chi connectivity index (χ4v) is 2.76. The number of aromatic nitrogens is 1. The average Bonchev–Trinajstić information content (AvgIpc) is 2.51. The van der Waals surface area contributed by atoms with Gasteiger partial charge in [0.05, 0.1) is 0 Å². The van der Waals surface area contributed by atoms with E-state index >= 15 is 0 Å². The molecule has 1 aliphatic heterocycles. The molecule has 0 aliphatic carbocycles. The lowest BCUT2D eigenvalue weighted by atomic mass is 10.1. The van der Waals surface area contributed by atoms with Crippen molar-refractivity contribution in [1.29, 1.82) is 0 Å². The fourth-order valence-electron chi connectivity index (χ4n) is 2.76. The van der Waals surface area contributed by atoms with E-state index in [1.54, 1.807) is 18.0 Å². The number of likely N-dealkylation sites (N-methyl/N-ethyl adjacent to an activating group) is 1. The molecule has 0 bridgehead atoms. The molecular formula is C16H18FN3O2. The Kier molecular flexibility index (Phi) is 3.70. The van der Waals surface area contributed by atoms with Crippen molar-refractivity contribution in [3.8, 4) is 0 Å². The first kappa shape index (κ1) is 14.7. The summed E-state index contributed by atoms with van der Waals surface area (Å²) in [5.74, 6) is -0.599. The first-order chi connectivity index (χ1) is 10.5. The van der Waals surface area contributed by atoms with Crippen molar-refractivity contribution in [2.24, 2.45) is 7.05 Å². The number of amides is 1. The van der Waals surface area contributed by atoms with Crippen molar-refractivity contribution in [3.63, 3.8) is 0 Å². The number of benzene rings is 1. The maximum absolute atomic E-state index is 13.4. The predicted molar refractivity (Wildman–Crippen MR) is 82.5 cm³/mol. The fraction of sp³-hybridized carbons (Fsp3) is 0.375. The second kappa shape index (κ2) is 5.53. The van der Waals surface area contributed by atoms with Crippen molar-refractivity contribution in [1.82, 2.24) is 14.4 Å². The molecule has 5 nitrogen and oxygen atoms in total. The molecule has 1 aliphatic rings. The summed E-state index contributed by atoms with van der Waals surface area (Å²) in [6.07, 6.45) is 0. The third-order valence-corrected chi connectivity index (χ3v) is 4.21. The Bertz CT molecular complexity index is 792. The van der Waals surface area contributed by atoms with Crippen molar-refractivity contribution in [2.45, 2.75) is 0 Å². The number of nitrogens with zero attached hydrogens (tertiary/aromatic N) is 3. The summed E-state index contributed by atoms with van der Waals surface area (Å²) in [5, 5.41) is 0.874. The standard InChI is InChI=1S/C16H18FN3O2/c1-18-5-7-20(8-6-18)16(22)14-10-11-9-12(17)3-4-13(11)15(21)19(14)2/h3-4,9-10H,5-8H2,1-2H3. The molecule has 0 atom stereocenters. The van der Waals surface area contributed by atoms with Crippen molar-refractivity contribution >= 4 is 16.7 Å². The monoisotopic (exact) mass is 303 g/mol. The highest BCUT2D eigenvalue weighted by Crippen LogP contribution is 2.15. The average molecular weight is 303 g/mol. The number of carbonyl (C=O) groups is 1. The first-order valence-corrected chi connectivity index (χ1v) is 7.24. The van der Waals surface area contributed by atoms with Crippen LogP contribution in [0.3, 0.4) is 0 Å². The number of piperazine rings is 1. The van der Waals surface area contributed by atoms with E-state index in [1.807, 2.05) is 7.05 Å². The quantitative estimate of drug-likeness (QED) is 0.791. The van der Waals surface area contributed by atoms with Gasteiger partial charge in [-0.15, -0.1) is 0 Å². The minimum Gasteiger partial charge on any atom is -0.335 e. The summed E-state index contributed by atoms with van der Waals surface area (Å²) >= 11 is 0. The summed E-state index contributed by atoms with van der Waals surface area (Å²) in [4.78, 5) is 28.9. The molecule has 1 aromatic heterocycles. The number of halogens is 1. The van der Waals surface area contributed by atoms with Gasteiger partial charge in [0.25, 0.3) is 11.5 Å². The van der Waals surface area contributed by atoms with Gasteiger partial charge in [-0.3, -0.25) is 9.59 Å². The summed E-state index contributed by atoms with van der Waals surface area (Å²) in [7, 11) is 3.59. The van der Waals surface area contributed by atoms with Crippen LogP contribution in [0.2, 0.25) is 0 Å². The molecule has 1 amide bonds. The maximum atomic E-state index is 13.4. The van der Waals surface area contributed by atoms with Gasteiger partial charge in [-0.25, -0.2) is 4.39 Å². The van der Waals surface area contributed by atoms with Gasteiger partial charge < -0.3 is 14.4 Å². The largest absolute Gasteiger partial charge is 0.335 e. The zero-order valence-corrected chi connectivity index (χ0v) is 12.7. The lowest BCUT2D eigenvalue weighted by molar-refractivity contribution is 0.0653. The number of fused-ring (bicyclic) bond motifs is 1. The van der Waals surface area contributed by atoms with Gasteiger partial charge >= 0.3 is 0 Å². The summed E-state index contributed by atoms with van der Waals surface area (Å²) in [6, 6.07) is 5.60. The van der Waals surface area contributed by atoms with Crippen LogP contribution < -0.4 is 5.56 Å². The molecule has 0 N–H and O–H groups in total. The number of hydrogen-bond acceptors (Lipinski definition) is 3. The van der Waals surface area contributed by atoms with E-state index < -0.39 is 5.82 Å². The van der Waals surface area contributed by atoms with Crippen LogP contribution in [0.1, 0.15) is 10.5 Å². The molecule has 116 valence electrons. The highest BCUT2D eigenvalue weighted by atomic mass is 19.1. The number of pyridine rings is 1. The molecule has 2 heterocycles. The van der Waals surface area contributed by atoms with E-state index in [4.69, 9.17) is 0 Å². The van der Waals surface area contributed by atoms with Crippen molar-refractivity contribution in [2.75, 3.05) is 33.2 Å². The molecule has 0 spiro atoms. The molecule has 1 fully saturated rings. The molecule has 6 heteroatoms. The molecule has 0 saturated carbocycles. The lowest BCUT2D eigenvalue weighted by Gasteiger charge is -2.32. The number of hydrogen-bond donors (Lipinski definition) is 0. The molecule has 1 saturated heterocycles. The molecule has 1 aromatic carbocycles. The van der Waals surface area contributed by atoms with Gasteiger partial charge in [0.15, 0.2) is 0 Å². The van der Waals surface area contributed by atoms with E-state index in [1.165, 1.54) is 22.8 Å². The second-order valence-corrected chi connectivity index (χ2v) is 5.72. The SMILES string of the molecule is CN1CCN(C(=O)c2cc3cc(F)ccc3c(=O)n2C)CC1. The number of rotatable bonds is 1. The predicted octanol–water partition coefficient (Wildman–Crippen LogP) is 1.07. The molecule has 0 unspecified atom stereocenters. The first-order valence-electron chi connectivity index (χ1n) is 7.24. The zero-order chi connectivity index (χ0) is 15.9. The Labute approximate surface area is 127 Å². The summed E-state index contributed by atoms with van der Waals surface area (Å²) in [6.45, 7) is 2.87. The number of carbonyl (C=O) groups excluding carboxylic acids is 1. The van der Waals surface area contributed by atoms with Gasteiger partial charge in [0, 0.05) is 38.6 Å². The molecule has 2 aromatic rings. The molecule has 22 heavy (non-hydrogen) atoms. The Balaban J connectivity index is 2.05. The smallest absolute Gasteiger partial charge is 0.270 e. The molecule has 0 radical (unpaired) electrons. The van der Waals surface area contributed by atoms with Crippen LogP contribution in [0.15, 0.2) is 29.1 Å².